The lowest BCUT2D eigenvalue weighted by Crippen LogP contribution is -2.23. The minimum atomic E-state index is 1.22. The van der Waals surface area contributed by atoms with Crippen LogP contribution in [-0.4, -0.2) is 0 Å². The number of hydrogen-bond acceptors (Lipinski definition) is 0. The lowest BCUT2D eigenvalue weighted by atomic mass is 10.1. The number of benzene rings is 3. The minimum absolute atomic E-state index is 1.22. The lowest BCUT2D eigenvalue weighted by Gasteiger charge is -1.95. The van der Waals surface area contributed by atoms with Gasteiger partial charge in [-0.2, -0.15) is 0 Å². The number of rotatable bonds is 2. The van der Waals surface area contributed by atoms with Gasteiger partial charge in [0.1, 0.15) is 0 Å². The highest BCUT2D eigenvalue weighted by Crippen LogP contribution is 1.99. The van der Waals surface area contributed by atoms with Crippen LogP contribution in [-0.2, 0) is 0 Å². The molecule has 0 fully saturated rings. The third-order valence-corrected chi connectivity index (χ3v) is 3.24. The molecular weight excluding hydrogens is 240 g/mol. The van der Waals surface area contributed by atoms with Gasteiger partial charge in [-0.25, -0.2) is 0 Å². The third kappa shape index (κ3) is 3.04. The van der Waals surface area contributed by atoms with E-state index < -0.39 is 0 Å². The molecule has 0 nitrogen and oxygen atoms in total. The molecule has 0 atom stereocenters. The summed E-state index contributed by atoms with van der Waals surface area (Å²) in [6, 6.07) is 29.3. The van der Waals surface area contributed by atoms with Gasteiger partial charge in [-0.3, -0.25) is 0 Å². The Morgan fingerprint density at radius 2 is 0.750 bits per heavy atom. The van der Waals surface area contributed by atoms with Crippen LogP contribution in [0, 0.1) is 0 Å². The van der Waals surface area contributed by atoms with Crippen molar-refractivity contribution >= 4 is 12.2 Å². The van der Waals surface area contributed by atoms with E-state index in [4.69, 9.17) is 0 Å². The van der Waals surface area contributed by atoms with Crippen LogP contribution in [0.3, 0.4) is 0 Å². The Labute approximate surface area is 119 Å². The third-order valence-electron chi connectivity index (χ3n) is 3.24. The molecule has 0 aromatic heterocycles. The van der Waals surface area contributed by atoms with E-state index in [0.717, 1.165) is 0 Å². The van der Waals surface area contributed by atoms with Crippen LogP contribution >= 0.6 is 0 Å². The van der Waals surface area contributed by atoms with Crippen molar-refractivity contribution in [1.29, 1.82) is 0 Å². The molecule has 0 N–H and O–H groups in total. The molecular formula is C20H16. The molecule has 0 bridgehead atoms. The van der Waals surface area contributed by atoms with Crippen molar-refractivity contribution in [3.63, 3.8) is 0 Å². The Balaban J connectivity index is 2.15. The molecule has 3 aromatic carbocycles. The summed E-state index contributed by atoms with van der Waals surface area (Å²) >= 11 is 0. The zero-order valence-electron chi connectivity index (χ0n) is 11.2. The van der Waals surface area contributed by atoms with Crippen molar-refractivity contribution in [3.8, 4) is 0 Å². The van der Waals surface area contributed by atoms with E-state index in [0.29, 0.717) is 0 Å². The first-order chi connectivity index (χ1) is 9.92. The Hall–Kier alpha value is -2.60. The highest BCUT2D eigenvalue weighted by atomic mass is 13.9. The van der Waals surface area contributed by atoms with Gasteiger partial charge < -0.3 is 0 Å². The average Bonchev–Trinajstić information content (AvgIpc) is 2.51. The maximum atomic E-state index is 2.22. The molecule has 0 amide bonds. The fraction of sp³-hybridized carbons (Fsp3) is 0. The molecule has 3 rings (SSSR count). The molecule has 0 heterocycles. The van der Waals surface area contributed by atoms with Gasteiger partial charge in [-0.05, 0) is 33.7 Å². The highest BCUT2D eigenvalue weighted by molar-refractivity contribution is 5.54. The van der Waals surface area contributed by atoms with E-state index in [1.54, 1.807) is 0 Å². The van der Waals surface area contributed by atoms with Crippen molar-refractivity contribution in [3.05, 3.63) is 106 Å². The second-order valence-corrected chi connectivity index (χ2v) is 4.74. The standard InChI is InChI=1S/C20H16/c1-3-9-17(10-4-1)15-19-13-7-8-14-20(19)16-18-11-5-2-6-12-18/h1-16H/b19-15-,20-16+. The predicted octanol–water partition coefficient (Wildman–Crippen LogP) is 3.34. The molecule has 0 aliphatic heterocycles. The van der Waals surface area contributed by atoms with Gasteiger partial charge in [-0.1, -0.05) is 84.9 Å². The van der Waals surface area contributed by atoms with Gasteiger partial charge in [0.15, 0.2) is 0 Å². The van der Waals surface area contributed by atoms with E-state index in [2.05, 4.69) is 84.9 Å². The maximum absolute atomic E-state index is 2.22. The molecule has 0 aliphatic rings. The van der Waals surface area contributed by atoms with E-state index in [-0.39, 0.29) is 0 Å². The molecule has 96 valence electrons. The zero-order valence-corrected chi connectivity index (χ0v) is 11.2. The molecule has 0 aliphatic carbocycles. The van der Waals surface area contributed by atoms with Crippen molar-refractivity contribution in [2.24, 2.45) is 0 Å². The fourth-order valence-corrected chi connectivity index (χ4v) is 2.23. The Morgan fingerprint density at radius 3 is 1.15 bits per heavy atom. The summed E-state index contributed by atoms with van der Waals surface area (Å²) in [5.41, 5.74) is 2.45. The minimum Gasteiger partial charge on any atom is -0.0622 e. The number of hydrogen-bond donors (Lipinski definition) is 0. The van der Waals surface area contributed by atoms with E-state index in [1.165, 1.54) is 21.6 Å². The molecule has 0 heteroatoms. The monoisotopic (exact) mass is 256 g/mol. The summed E-state index contributed by atoms with van der Waals surface area (Å²) in [4.78, 5) is 0. The largest absolute Gasteiger partial charge is 0.0622 e. The lowest BCUT2D eigenvalue weighted by molar-refractivity contribution is 1.49. The summed E-state index contributed by atoms with van der Waals surface area (Å²) in [6.45, 7) is 0. The van der Waals surface area contributed by atoms with Crippen LogP contribution in [0.25, 0.3) is 12.2 Å². The van der Waals surface area contributed by atoms with Gasteiger partial charge in [-0.15, -0.1) is 0 Å². The second-order valence-electron chi connectivity index (χ2n) is 4.74. The molecule has 0 saturated carbocycles. The SMILES string of the molecule is C(/c1ccccc1)=c1\cccc\c1=C/c1ccccc1. The first-order valence-corrected chi connectivity index (χ1v) is 6.80. The smallest absolute Gasteiger partial charge is 0.0178 e. The van der Waals surface area contributed by atoms with Gasteiger partial charge in [0.05, 0.1) is 0 Å². The summed E-state index contributed by atoms with van der Waals surface area (Å²) in [7, 11) is 0. The zero-order chi connectivity index (χ0) is 13.6. The van der Waals surface area contributed by atoms with Crippen molar-refractivity contribution in [1.82, 2.24) is 0 Å². The summed E-state index contributed by atoms with van der Waals surface area (Å²) in [5.74, 6) is 0. The van der Waals surface area contributed by atoms with Crippen LogP contribution in [0.15, 0.2) is 84.9 Å². The van der Waals surface area contributed by atoms with Crippen molar-refractivity contribution in [2.75, 3.05) is 0 Å². The molecule has 3 aromatic rings. The fourth-order valence-electron chi connectivity index (χ4n) is 2.23. The van der Waals surface area contributed by atoms with Gasteiger partial charge in [0, 0.05) is 0 Å². The van der Waals surface area contributed by atoms with E-state index in [9.17, 15) is 0 Å². The predicted molar refractivity (Wildman–Crippen MR) is 85.7 cm³/mol. The Kier molecular flexibility index (Phi) is 3.75. The first-order valence-electron chi connectivity index (χ1n) is 6.80. The topological polar surface area (TPSA) is 0 Å². The van der Waals surface area contributed by atoms with Gasteiger partial charge >= 0.3 is 0 Å². The summed E-state index contributed by atoms with van der Waals surface area (Å²) in [6.07, 6.45) is 4.43. The molecule has 0 unspecified atom stereocenters. The van der Waals surface area contributed by atoms with Crippen molar-refractivity contribution < 1.29 is 0 Å². The van der Waals surface area contributed by atoms with E-state index in [1.807, 2.05) is 12.1 Å². The molecule has 0 radical (unpaired) electrons. The van der Waals surface area contributed by atoms with Crippen LogP contribution in [0.4, 0.5) is 0 Å². The highest BCUT2D eigenvalue weighted by Gasteiger charge is 1.89. The quantitative estimate of drug-likeness (QED) is 0.659. The Morgan fingerprint density at radius 1 is 0.400 bits per heavy atom. The van der Waals surface area contributed by atoms with Gasteiger partial charge in [0.25, 0.3) is 0 Å². The molecule has 0 spiro atoms. The van der Waals surface area contributed by atoms with E-state index >= 15 is 0 Å². The molecule has 0 saturated heterocycles. The molecule has 20 heavy (non-hydrogen) atoms. The normalized spacial score (nSPS) is 12.6. The average molecular weight is 256 g/mol. The summed E-state index contributed by atoms with van der Waals surface area (Å²) in [5, 5.41) is 2.48. The van der Waals surface area contributed by atoms with Crippen LogP contribution in [0.1, 0.15) is 11.1 Å². The van der Waals surface area contributed by atoms with Crippen LogP contribution in [0.2, 0.25) is 0 Å². The maximum Gasteiger partial charge on any atom is -0.0178 e. The Bertz CT molecular complexity index is 714. The first kappa shape index (κ1) is 12.4. The summed E-state index contributed by atoms with van der Waals surface area (Å²) < 4.78 is 0. The second kappa shape index (κ2) is 6.03. The van der Waals surface area contributed by atoms with Crippen molar-refractivity contribution in [2.45, 2.75) is 0 Å². The van der Waals surface area contributed by atoms with Crippen LogP contribution < -0.4 is 10.4 Å². The van der Waals surface area contributed by atoms with Crippen LogP contribution in [0.5, 0.6) is 0 Å². The van der Waals surface area contributed by atoms with Gasteiger partial charge in [0.2, 0.25) is 0 Å².